The van der Waals surface area contributed by atoms with Crippen LogP contribution in [-0.2, 0) is 17.1 Å². The van der Waals surface area contributed by atoms with Gasteiger partial charge in [-0.05, 0) is 54.6 Å². The molecular formula is C23H19ClFN3O4S. The number of carbonyl (C=O) groups excluding carboxylic acids is 1. The summed E-state index contributed by atoms with van der Waals surface area (Å²) in [5, 5.41) is 4.29. The Kier molecular flexibility index (Phi) is 6.01. The van der Waals surface area contributed by atoms with Gasteiger partial charge in [-0.2, -0.15) is 0 Å². The lowest BCUT2D eigenvalue weighted by molar-refractivity contribution is 0.0974. The summed E-state index contributed by atoms with van der Waals surface area (Å²) in [6.07, 6.45) is 0. The summed E-state index contributed by atoms with van der Waals surface area (Å²) in [5.74, 6) is -0.759. The predicted octanol–water partition coefficient (Wildman–Crippen LogP) is 4.84. The maximum Gasteiger partial charge on any atom is 0.281 e. The van der Waals surface area contributed by atoms with Crippen LogP contribution in [0.2, 0.25) is 5.02 Å². The van der Waals surface area contributed by atoms with Crippen LogP contribution in [0.3, 0.4) is 0 Å². The molecule has 3 aromatic carbocycles. The number of nitrogens with one attached hydrogen (secondary N) is 2. The van der Waals surface area contributed by atoms with Gasteiger partial charge < -0.3 is 14.6 Å². The van der Waals surface area contributed by atoms with E-state index >= 15 is 0 Å². The molecule has 0 aliphatic rings. The molecule has 1 amide bonds. The Morgan fingerprint density at radius 3 is 2.48 bits per heavy atom. The van der Waals surface area contributed by atoms with Crippen molar-refractivity contribution < 1.29 is 22.3 Å². The first-order chi connectivity index (χ1) is 15.7. The number of ether oxygens (including phenoxy) is 1. The van der Waals surface area contributed by atoms with E-state index < -0.39 is 21.7 Å². The van der Waals surface area contributed by atoms with Gasteiger partial charge in [0.1, 0.15) is 17.3 Å². The molecule has 10 heteroatoms. The minimum atomic E-state index is -4.20. The van der Waals surface area contributed by atoms with Gasteiger partial charge in [-0.15, -0.1) is 0 Å². The second-order valence-electron chi connectivity index (χ2n) is 7.19. The van der Waals surface area contributed by atoms with Gasteiger partial charge in [-0.1, -0.05) is 17.7 Å². The summed E-state index contributed by atoms with van der Waals surface area (Å²) < 4.78 is 47.1. The molecule has 0 radical (unpaired) electrons. The zero-order valence-electron chi connectivity index (χ0n) is 17.6. The summed E-state index contributed by atoms with van der Waals surface area (Å²) in [7, 11) is -1.01. The Hall–Kier alpha value is -3.56. The summed E-state index contributed by atoms with van der Waals surface area (Å²) in [5.41, 5.74) is 2.05. The van der Waals surface area contributed by atoms with Crippen LogP contribution in [0.25, 0.3) is 10.9 Å². The lowest BCUT2D eigenvalue weighted by atomic mass is 10.2. The second-order valence-corrected chi connectivity index (χ2v) is 9.28. The number of rotatable bonds is 6. The molecule has 0 bridgehead atoms. The molecule has 0 unspecified atom stereocenters. The first-order valence-electron chi connectivity index (χ1n) is 9.71. The predicted molar refractivity (Wildman–Crippen MR) is 125 cm³/mol. The van der Waals surface area contributed by atoms with Crippen LogP contribution in [-0.4, -0.2) is 26.0 Å². The average molecular weight is 488 g/mol. The maximum atomic E-state index is 13.1. The van der Waals surface area contributed by atoms with Gasteiger partial charge in [0.2, 0.25) is 0 Å². The summed E-state index contributed by atoms with van der Waals surface area (Å²) in [6, 6.07) is 16.5. The van der Waals surface area contributed by atoms with Gasteiger partial charge in [0.15, 0.2) is 0 Å². The molecule has 0 spiro atoms. The first kappa shape index (κ1) is 22.6. The Balaban J connectivity index is 1.71. The molecule has 0 aliphatic carbocycles. The van der Waals surface area contributed by atoms with Crippen molar-refractivity contribution in [2.45, 2.75) is 4.90 Å². The molecule has 7 nitrogen and oxygen atoms in total. The smallest absolute Gasteiger partial charge is 0.281 e. The molecular weight excluding hydrogens is 469 g/mol. The van der Waals surface area contributed by atoms with Crippen molar-refractivity contribution in [3.63, 3.8) is 0 Å². The third kappa shape index (κ3) is 4.50. The van der Waals surface area contributed by atoms with Crippen molar-refractivity contribution >= 4 is 49.8 Å². The molecule has 33 heavy (non-hydrogen) atoms. The van der Waals surface area contributed by atoms with Crippen LogP contribution in [0, 0.1) is 5.82 Å². The van der Waals surface area contributed by atoms with E-state index in [0.717, 1.165) is 30.0 Å². The highest BCUT2D eigenvalue weighted by molar-refractivity contribution is 7.90. The summed E-state index contributed by atoms with van der Waals surface area (Å²) in [6.45, 7) is 0. The fourth-order valence-corrected chi connectivity index (χ4v) is 4.71. The highest BCUT2D eigenvalue weighted by Crippen LogP contribution is 2.34. The van der Waals surface area contributed by atoms with E-state index in [1.54, 1.807) is 32.4 Å². The van der Waals surface area contributed by atoms with Gasteiger partial charge in [0.25, 0.3) is 15.9 Å². The number of halogens is 2. The Morgan fingerprint density at radius 2 is 1.79 bits per heavy atom. The first-order valence-corrected chi connectivity index (χ1v) is 11.6. The Bertz CT molecular complexity index is 1470. The number of methoxy groups -OCH3 is 1. The van der Waals surface area contributed by atoms with Gasteiger partial charge >= 0.3 is 0 Å². The number of hydrogen-bond acceptors (Lipinski definition) is 5. The fourth-order valence-electron chi connectivity index (χ4n) is 3.45. The van der Waals surface area contributed by atoms with Crippen LogP contribution in [0.15, 0.2) is 71.6 Å². The molecule has 0 atom stereocenters. The molecule has 4 rings (SSSR count). The van der Waals surface area contributed by atoms with Gasteiger partial charge in [-0.25, -0.2) is 17.5 Å². The second kappa shape index (κ2) is 8.76. The van der Waals surface area contributed by atoms with E-state index in [1.165, 1.54) is 4.57 Å². The average Bonchev–Trinajstić information content (AvgIpc) is 3.14. The number of benzene rings is 3. The minimum Gasteiger partial charge on any atom is -0.497 e. The van der Waals surface area contributed by atoms with Gasteiger partial charge in [0, 0.05) is 29.9 Å². The van der Waals surface area contributed by atoms with Crippen LogP contribution >= 0.6 is 11.6 Å². The zero-order valence-corrected chi connectivity index (χ0v) is 19.2. The molecule has 2 N–H and O–H groups in total. The highest BCUT2D eigenvalue weighted by Gasteiger charge is 2.23. The zero-order chi connectivity index (χ0) is 23.8. The highest BCUT2D eigenvalue weighted by atomic mass is 35.5. The quantitative estimate of drug-likeness (QED) is 0.406. The third-order valence-electron chi connectivity index (χ3n) is 5.08. The molecule has 0 aliphatic heterocycles. The molecule has 0 fully saturated rings. The Morgan fingerprint density at radius 1 is 1.06 bits per heavy atom. The molecule has 0 saturated heterocycles. The van der Waals surface area contributed by atoms with E-state index in [4.69, 9.17) is 16.3 Å². The number of anilines is 2. The third-order valence-corrected chi connectivity index (χ3v) is 6.73. The van der Waals surface area contributed by atoms with Crippen LogP contribution in [0.1, 0.15) is 10.5 Å². The van der Waals surface area contributed by atoms with Crippen molar-refractivity contribution in [2.24, 2.45) is 7.05 Å². The normalized spacial score (nSPS) is 11.4. The van der Waals surface area contributed by atoms with Crippen LogP contribution in [0.5, 0.6) is 5.75 Å². The monoisotopic (exact) mass is 487 g/mol. The topological polar surface area (TPSA) is 89.4 Å². The number of sulfonamides is 1. The molecule has 1 heterocycles. The number of aromatic nitrogens is 1. The van der Waals surface area contributed by atoms with Crippen molar-refractivity contribution in [1.29, 1.82) is 0 Å². The van der Waals surface area contributed by atoms with E-state index in [0.29, 0.717) is 27.4 Å². The van der Waals surface area contributed by atoms with Crippen molar-refractivity contribution in [3.8, 4) is 5.75 Å². The number of nitrogens with zero attached hydrogens (tertiary/aromatic N) is 1. The van der Waals surface area contributed by atoms with E-state index in [1.807, 2.05) is 29.0 Å². The number of hydrogen-bond donors (Lipinski definition) is 2. The molecule has 1 aromatic heterocycles. The SMILES string of the molecule is COc1cccc(Nc2ccc(Cl)c3c2cc(C(=O)NS(=O)(=O)c2ccc(F)cc2)n3C)c1. The maximum absolute atomic E-state index is 13.1. The number of amides is 1. The number of carbonyl (C=O) groups is 1. The van der Waals surface area contributed by atoms with E-state index in [-0.39, 0.29) is 10.6 Å². The van der Waals surface area contributed by atoms with Crippen molar-refractivity contribution in [3.05, 3.63) is 83.3 Å². The standard InChI is InChI=1S/C23H19ClFN3O4S/c1-28-21(23(29)27-33(30,31)17-8-6-14(25)7-9-17)13-18-20(11-10-19(24)22(18)28)26-15-4-3-5-16(12-15)32-2/h3-13,26H,1-2H3,(H,27,29). The van der Waals surface area contributed by atoms with Crippen molar-refractivity contribution in [1.82, 2.24) is 9.29 Å². The fraction of sp³-hybridized carbons (Fsp3) is 0.0870. The lowest BCUT2D eigenvalue weighted by Gasteiger charge is -2.11. The molecule has 0 saturated carbocycles. The lowest BCUT2D eigenvalue weighted by Crippen LogP contribution is -2.31. The molecule has 170 valence electrons. The van der Waals surface area contributed by atoms with E-state index in [2.05, 4.69) is 5.32 Å². The summed E-state index contributed by atoms with van der Waals surface area (Å²) in [4.78, 5) is 12.7. The van der Waals surface area contributed by atoms with E-state index in [9.17, 15) is 17.6 Å². The van der Waals surface area contributed by atoms with Gasteiger partial charge in [0.05, 0.1) is 22.5 Å². The summed E-state index contributed by atoms with van der Waals surface area (Å²) >= 11 is 6.39. The number of aryl methyl sites for hydroxylation is 1. The van der Waals surface area contributed by atoms with Crippen LogP contribution in [0.4, 0.5) is 15.8 Å². The van der Waals surface area contributed by atoms with Crippen LogP contribution < -0.4 is 14.8 Å². The van der Waals surface area contributed by atoms with Crippen molar-refractivity contribution in [2.75, 3.05) is 12.4 Å². The van der Waals surface area contributed by atoms with Gasteiger partial charge in [-0.3, -0.25) is 4.79 Å². The largest absolute Gasteiger partial charge is 0.497 e. The molecule has 4 aromatic rings. The number of fused-ring (bicyclic) bond motifs is 1. The Labute approximate surface area is 194 Å². The minimum absolute atomic E-state index is 0.0810.